The van der Waals surface area contributed by atoms with Crippen LogP contribution in [-0.2, 0) is 0 Å². The van der Waals surface area contributed by atoms with Gasteiger partial charge in [-0.25, -0.2) is 9.50 Å². The van der Waals surface area contributed by atoms with E-state index in [1.165, 1.54) is 0 Å². The van der Waals surface area contributed by atoms with Gasteiger partial charge in [0.15, 0.2) is 11.3 Å². The van der Waals surface area contributed by atoms with Gasteiger partial charge in [0.1, 0.15) is 6.33 Å². The third-order valence-corrected chi connectivity index (χ3v) is 6.08. The number of nitrogens with one attached hydrogen (secondary N) is 3. The molecule has 3 heterocycles. The van der Waals surface area contributed by atoms with Gasteiger partial charge in [0.2, 0.25) is 0 Å². The lowest BCUT2D eigenvalue weighted by atomic mass is 9.90. The van der Waals surface area contributed by atoms with Crippen molar-refractivity contribution in [2.24, 2.45) is 0 Å². The summed E-state index contributed by atoms with van der Waals surface area (Å²) in [5, 5.41) is 18.7. The zero-order valence-corrected chi connectivity index (χ0v) is 19.1. The predicted molar refractivity (Wildman–Crippen MR) is 121 cm³/mol. The Kier molecular flexibility index (Phi) is 6.09. The Labute approximate surface area is 183 Å². The molecule has 3 N–H and O–H groups in total. The van der Waals surface area contributed by atoms with Crippen LogP contribution in [-0.4, -0.2) is 48.8 Å². The monoisotopic (exact) mass is 423 g/mol. The van der Waals surface area contributed by atoms with E-state index >= 15 is 0 Å². The van der Waals surface area contributed by atoms with Crippen molar-refractivity contribution < 1.29 is 4.79 Å². The summed E-state index contributed by atoms with van der Waals surface area (Å²) in [4.78, 5) is 17.4. The minimum atomic E-state index is -0.0926. The third kappa shape index (κ3) is 4.49. The topological polar surface area (TPSA) is 100 Å². The number of H-pyrrole nitrogens is 1. The molecule has 1 amide bonds. The van der Waals surface area contributed by atoms with Crippen molar-refractivity contribution in [1.82, 2.24) is 35.4 Å². The van der Waals surface area contributed by atoms with Crippen molar-refractivity contribution in [3.05, 3.63) is 35.4 Å². The van der Waals surface area contributed by atoms with Crippen LogP contribution < -0.4 is 10.6 Å². The SMILES string of the molecule is Cc1cc(-c2[nH]nc(C(=O)N[C@H]3CC[C@H](NC(C)C)CC3)c2C(C)C)cn2ncnc12. The van der Waals surface area contributed by atoms with Crippen LogP contribution in [0.2, 0.25) is 0 Å². The quantitative estimate of drug-likeness (QED) is 0.563. The molecule has 1 aliphatic rings. The molecule has 1 saturated carbocycles. The second kappa shape index (κ2) is 8.78. The summed E-state index contributed by atoms with van der Waals surface area (Å²) in [6.07, 6.45) is 7.64. The molecule has 8 heteroatoms. The van der Waals surface area contributed by atoms with Gasteiger partial charge in [-0.15, -0.1) is 0 Å². The Morgan fingerprint density at radius 2 is 1.87 bits per heavy atom. The fourth-order valence-corrected chi connectivity index (χ4v) is 4.67. The van der Waals surface area contributed by atoms with Crippen LogP contribution in [0.1, 0.15) is 80.9 Å². The molecule has 4 rings (SSSR count). The summed E-state index contributed by atoms with van der Waals surface area (Å²) >= 11 is 0. The molecule has 1 aliphatic carbocycles. The Balaban J connectivity index is 1.54. The summed E-state index contributed by atoms with van der Waals surface area (Å²) in [5.74, 6) is 0.0530. The minimum absolute atomic E-state index is 0.0926. The molecule has 166 valence electrons. The molecular weight excluding hydrogens is 390 g/mol. The number of rotatable bonds is 6. The summed E-state index contributed by atoms with van der Waals surface area (Å²) < 4.78 is 1.76. The van der Waals surface area contributed by atoms with Crippen LogP contribution >= 0.6 is 0 Å². The second-order valence-corrected chi connectivity index (χ2v) is 9.30. The Bertz CT molecular complexity index is 1060. The molecule has 0 bridgehead atoms. The fraction of sp³-hybridized carbons (Fsp3) is 0.565. The molecule has 0 atom stereocenters. The highest BCUT2D eigenvalue weighted by molar-refractivity contribution is 5.96. The molecule has 0 radical (unpaired) electrons. The van der Waals surface area contributed by atoms with Crippen molar-refractivity contribution in [3.8, 4) is 11.3 Å². The molecule has 3 aromatic rings. The smallest absolute Gasteiger partial charge is 0.272 e. The van der Waals surface area contributed by atoms with Crippen LogP contribution in [0, 0.1) is 6.92 Å². The number of pyridine rings is 1. The lowest BCUT2D eigenvalue weighted by Crippen LogP contribution is -2.44. The van der Waals surface area contributed by atoms with Gasteiger partial charge in [0.25, 0.3) is 5.91 Å². The highest BCUT2D eigenvalue weighted by Gasteiger charge is 2.27. The van der Waals surface area contributed by atoms with Crippen LogP contribution in [0.3, 0.4) is 0 Å². The van der Waals surface area contributed by atoms with Crippen molar-refractivity contribution in [2.45, 2.75) is 84.3 Å². The molecule has 0 spiro atoms. The van der Waals surface area contributed by atoms with E-state index in [1.807, 2.05) is 13.1 Å². The summed E-state index contributed by atoms with van der Waals surface area (Å²) in [6, 6.07) is 3.30. The zero-order valence-electron chi connectivity index (χ0n) is 19.1. The summed E-state index contributed by atoms with van der Waals surface area (Å²) in [5.41, 5.74) is 5.10. The van der Waals surface area contributed by atoms with Crippen molar-refractivity contribution in [3.63, 3.8) is 0 Å². The number of aromatic amines is 1. The largest absolute Gasteiger partial charge is 0.348 e. The van der Waals surface area contributed by atoms with Gasteiger partial charge in [0, 0.05) is 35.4 Å². The molecule has 0 aliphatic heterocycles. The maximum atomic E-state index is 13.1. The van der Waals surface area contributed by atoms with E-state index in [0.717, 1.165) is 53.7 Å². The molecule has 0 unspecified atom stereocenters. The average Bonchev–Trinajstić information content (AvgIpc) is 3.36. The average molecular weight is 424 g/mol. The first-order chi connectivity index (χ1) is 14.8. The van der Waals surface area contributed by atoms with Crippen LogP contribution in [0.25, 0.3) is 16.9 Å². The van der Waals surface area contributed by atoms with E-state index in [2.05, 4.69) is 64.7 Å². The van der Waals surface area contributed by atoms with E-state index in [-0.39, 0.29) is 17.9 Å². The van der Waals surface area contributed by atoms with Gasteiger partial charge in [-0.3, -0.25) is 9.89 Å². The van der Waals surface area contributed by atoms with Crippen molar-refractivity contribution >= 4 is 11.6 Å². The second-order valence-electron chi connectivity index (χ2n) is 9.30. The van der Waals surface area contributed by atoms with E-state index in [4.69, 9.17) is 0 Å². The first-order valence-electron chi connectivity index (χ1n) is 11.3. The van der Waals surface area contributed by atoms with Gasteiger partial charge >= 0.3 is 0 Å². The lowest BCUT2D eigenvalue weighted by molar-refractivity contribution is 0.0917. The van der Waals surface area contributed by atoms with Crippen LogP contribution in [0.5, 0.6) is 0 Å². The summed E-state index contributed by atoms with van der Waals surface area (Å²) in [6.45, 7) is 10.6. The highest BCUT2D eigenvalue weighted by Crippen LogP contribution is 2.31. The van der Waals surface area contributed by atoms with Crippen LogP contribution in [0.15, 0.2) is 18.6 Å². The molecule has 0 aromatic carbocycles. The Morgan fingerprint density at radius 3 is 2.55 bits per heavy atom. The maximum absolute atomic E-state index is 13.1. The first-order valence-corrected chi connectivity index (χ1v) is 11.3. The predicted octanol–water partition coefficient (Wildman–Crippen LogP) is 3.59. The lowest BCUT2D eigenvalue weighted by Gasteiger charge is -2.30. The van der Waals surface area contributed by atoms with Gasteiger partial charge in [-0.1, -0.05) is 27.7 Å². The number of carbonyl (C=O) groups is 1. The van der Waals surface area contributed by atoms with Gasteiger partial charge in [0.05, 0.1) is 5.69 Å². The third-order valence-electron chi connectivity index (χ3n) is 6.08. The highest BCUT2D eigenvalue weighted by atomic mass is 16.2. The van der Waals surface area contributed by atoms with Crippen molar-refractivity contribution in [1.29, 1.82) is 0 Å². The molecular formula is C23H33N7O. The number of aromatic nitrogens is 5. The standard InChI is InChI=1S/C23H33N7O/c1-13(2)19-20(16-10-15(5)22-24-12-25-30(22)11-16)28-29-21(19)23(31)27-18-8-6-17(7-9-18)26-14(3)4/h10-14,17-18,26H,6-9H2,1-5H3,(H,27,31)(H,28,29)/t17-,18-. The number of hydrogen-bond acceptors (Lipinski definition) is 5. The van der Waals surface area contributed by atoms with E-state index < -0.39 is 0 Å². The van der Waals surface area contributed by atoms with Gasteiger partial charge < -0.3 is 10.6 Å². The van der Waals surface area contributed by atoms with E-state index in [9.17, 15) is 4.79 Å². The van der Waals surface area contributed by atoms with E-state index in [1.54, 1.807) is 10.8 Å². The number of fused-ring (bicyclic) bond motifs is 1. The number of hydrogen-bond donors (Lipinski definition) is 3. The Morgan fingerprint density at radius 1 is 1.16 bits per heavy atom. The first kappa shape index (κ1) is 21.5. The number of amides is 1. The number of carbonyl (C=O) groups excluding carboxylic acids is 1. The zero-order chi connectivity index (χ0) is 22.1. The summed E-state index contributed by atoms with van der Waals surface area (Å²) in [7, 11) is 0. The van der Waals surface area contributed by atoms with E-state index in [0.29, 0.717) is 17.8 Å². The normalized spacial score (nSPS) is 19.5. The minimum Gasteiger partial charge on any atom is -0.348 e. The molecule has 1 fully saturated rings. The van der Waals surface area contributed by atoms with Crippen LogP contribution in [0.4, 0.5) is 0 Å². The van der Waals surface area contributed by atoms with Crippen molar-refractivity contribution in [2.75, 3.05) is 0 Å². The molecule has 8 nitrogen and oxygen atoms in total. The maximum Gasteiger partial charge on any atom is 0.272 e. The molecule has 31 heavy (non-hydrogen) atoms. The molecule has 0 saturated heterocycles. The van der Waals surface area contributed by atoms with Gasteiger partial charge in [-0.05, 0) is 50.2 Å². The molecule has 3 aromatic heterocycles. The number of nitrogens with zero attached hydrogens (tertiary/aromatic N) is 4. The fourth-order valence-electron chi connectivity index (χ4n) is 4.67. The van der Waals surface area contributed by atoms with Gasteiger partial charge in [-0.2, -0.15) is 10.2 Å². The Hall–Kier alpha value is -2.74. The number of aryl methyl sites for hydroxylation is 1.